The minimum absolute atomic E-state index is 0.0495. The summed E-state index contributed by atoms with van der Waals surface area (Å²) < 4.78 is 14.0. The van der Waals surface area contributed by atoms with Crippen LogP contribution in [0.25, 0.3) is 0 Å². The molecule has 0 aromatic heterocycles. The van der Waals surface area contributed by atoms with Crippen LogP contribution in [0.15, 0.2) is 12.1 Å². The van der Waals surface area contributed by atoms with Crippen molar-refractivity contribution < 1.29 is 14.0 Å². The highest BCUT2D eigenvalue weighted by atomic mass is 19.1. The van der Waals surface area contributed by atoms with Gasteiger partial charge in [0.15, 0.2) is 0 Å². The second-order valence-corrected chi connectivity index (χ2v) is 5.80. The van der Waals surface area contributed by atoms with Crippen LogP contribution in [0.1, 0.15) is 31.2 Å². The van der Waals surface area contributed by atoms with Crippen LogP contribution in [0.3, 0.4) is 0 Å². The first-order valence-corrected chi connectivity index (χ1v) is 7.21. The number of aryl methyl sites for hydroxylation is 1. The molecule has 1 saturated carbocycles. The molecule has 0 radical (unpaired) electrons. The SMILES string of the molecule is NC1CCC(C(=O)Nc2cc3c(cc2F)CCC(=O)N3)C1. The monoisotopic (exact) mass is 291 g/mol. The van der Waals surface area contributed by atoms with Gasteiger partial charge in [0.25, 0.3) is 0 Å². The van der Waals surface area contributed by atoms with E-state index in [2.05, 4.69) is 10.6 Å². The number of carbonyl (C=O) groups excluding carboxylic acids is 2. The lowest BCUT2D eigenvalue weighted by Crippen LogP contribution is -2.24. The molecule has 1 heterocycles. The van der Waals surface area contributed by atoms with Gasteiger partial charge in [-0.05, 0) is 43.4 Å². The normalized spacial score (nSPS) is 24.4. The van der Waals surface area contributed by atoms with Crippen molar-refractivity contribution >= 4 is 23.2 Å². The van der Waals surface area contributed by atoms with Crippen molar-refractivity contribution in [3.05, 3.63) is 23.5 Å². The Morgan fingerprint density at radius 3 is 2.86 bits per heavy atom. The van der Waals surface area contributed by atoms with E-state index in [0.29, 0.717) is 24.9 Å². The molecule has 0 saturated heterocycles. The topological polar surface area (TPSA) is 84.2 Å². The van der Waals surface area contributed by atoms with Gasteiger partial charge in [0, 0.05) is 24.1 Å². The lowest BCUT2D eigenvalue weighted by Gasteiger charge is -2.19. The van der Waals surface area contributed by atoms with Crippen LogP contribution in [0.2, 0.25) is 0 Å². The van der Waals surface area contributed by atoms with E-state index >= 15 is 0 Å². The van der Waals surface area contributed by atoms with E-state index in [1.807, 2.05) is 0 Å². The smallest absolute Gasteiger partial charge is 0.227 e. The minimum Gasteiger partial charge on any atom is -0.328 e. The van der Waals surface area contributed by atoms with Gasteiger partial charge in [0.05, 0.1) is 5.69 Å². The minimum atomic E-state index is -0.472. The van der Waals surface area contributed by atoms with Gasteiger partial charge in [-0.3, -0.25) is 9.59 Å². The summed E-state index contributed by atoms with van der Waals surface area (Å²) in [7, 11) is 0. The molecule has 0 bridgehead atoms. The molecule has 1 aromatic rings. The van der Waals surface area contributed by atoms with Crippen molar-refractivity contribution in [3.63, 3.8) is 0 Å². The number of nitrogens with two attached hydrogens (primary N) is 1. The summed E-state index contributed by atoms with van der Waals surface area (Å²) in [5, 5.41) is 5.32. The Morgan fingerprint density at radius 2 is 2.14 bits per heavy atom. The van der Waals surface area contributed by atoms with Gasteiger partial charge < -0.3 is 16.4 Å². The molecule has 6 heteroatoms. The Labute approximate surface area is 122 Å². The van der Waals surface area contributed by atoms with E-state index in [0.717, 1.165) is 18.4 Å². The summed E-state index contributed by atoms with van der Waals surface area (Å²) in [5.41, 5.74) is 7.24. The molecular formula is C15H18FN3O2. The van der Waals surface area contributed by atoms with Gasteiger partial charge in [-0.2, -0.15) is 0 Å². The zero-order valence-corrected chi connectivity index (χ0v) is 11.6. The molecule has 2 unspecified atom stereocenters. The molecular weight excluding hydrogens is 273 g/mol. The Balaban J connectivity index is 1.77. The Morgan fingerprint density at radius 1 is 1.33 bits per heavy atom. The summed E-state index contributed by atoms with van der Waals surface area (Å²) in [6, 6.07) is 2.92. The van der Waals surface area contributed by atoms with E-state index in [1.165, 1.54) is 12.1 Å². The van der Waals surface area contributed by atoms with E-state index < -0.39 is 5.82 Å². The van der Waals surface area contributed by atoms with Crippen molar-refractivity contribution in [2.45, 2.75) is 38.1 Å². The lowest BCUT2D eigenvalue weighted by atomic mass is 10.0. The molecule has 112 valence electrons. The Bertz CT molecular complexity index is 603. The predicted molar refractivity (Wildman–Crippen MR) is 77.3 cm³/mol. The summed E-state index contributed by atoms with van der Waals surface area (Å²) in [6.45, 7) is 0. The number of rotatable bonds is 2. The van der Waals surface area contributed by atoms with Crippen LogP contribution >= 0.6 is 0 Å². The molecule has 21 heavy (non-hydrogen) atoms. The highest BCUT2D eigenvalue weighted by Crippen LogP contribution is 2.30. The van der Waals surface area contributed by atoms with Crippen molar-refractivity contribution in [3.8, 4) is 0 Å². The van der Waals surface area contributed by atoms with Crippen molar-refractivity contribution in [2.24, 2.45) is 11.7 Å². The third-order valence-electron chi connectivity index (χ3n) is 4.19. The largest absolute Gasteiger partial charge is 0.328 e. The maximum atomic E-state index is 14.0. The number of carbonyl (C=O) groups is 2. The fourth-order valence-electron chi connectivity index (χ4n) is 2.98. The first-order chi connectivity index (χ1) is 10.0. The molecule has 2 atom stereocenters. The molecule has 4 N–H and O–H groups in total. The third kappa shape index (κ3) is 2.90. The fourth-order valence-corrected chi connectivity index (χ4v) is 2.98. The maximum Gasteiger partial charge on any atom is 0.227 e. The average Bonchev–Trinajstić information content (AvgIpc) is 2.87. The molecule has 2 amide bonds. The first-order valence-electron chi connectivity index (χ1n) is 7.21. The average molecular weight is 291 g/mol. The first kappa shape index (κ1) is 14.0. The van der Waals surface area contributed by atoms with Crippen LogP contribution in [0.4, 0.5) is 15.8 Å². The van der Waals surface area contributed by atoms with Gasteiger partial charge in [-0.25, -0.2) is 4.39 Å². The van der Waals surface area contributed by atoms with Gasteiger partial charge in [0.2, 0.25) is 11.8 Å². The zero-order valence-electron chi connectivity index (χ0n) is 11.6. The van der Waals surface area contributed by atoms with Crippen LogP contribution < -0.4 is 16.4 Å². The van der Waals surface area contributed by atoms with Crippen molar-refractivity contribution in [1.29, 1.82) is 0 Å². The Kier molecular flexibility index (Phi) is 3.63. The standard InChI is InChI=1S/C15H18FN3O2/c16-11-6-8-2-4-14(20)18-12(8)7-13(11)19-15(21)9-1-3-10(17)5-9/h6-7,9-10H,1-5,17H2,(H,18,20)(H,19,21). The highest BCUT2D eigenvalue weighted by Gasteiger charge is 2.28. The number of anilines is 2. The summed E-state index contributed by atoms with van der Waals surface area (Å²) >= 11 is 0. The van der Waals surface area contributed by atoms with Gasteiger partial charge in [-0.1, -0.05) is 0 Å². The summed E-state index contributed by atoms with van der Waals surface area (Å²) in [5.74, 6) is -0.928. The van der Waals surface area contributed by atoms with Crippen molar-refractivity contribution in [2.75, 3.05) is 10.6 Å². The zero-order chi connectivity index (χ0) is 15.0. The van der Waals surface area contributed by atoms with Gasteiger partial charge in [-0.15, -0.1) is 0 Å². The molecule has 1 aliphatic carbocycles. The molecule has 2 aliphatic rings. The number of amides is 2. The Hall–Kier alpha value is -1.95. The summed E-state index contributed by atoms with van der Waals surface area (Å²) in [6.07, 6.45) is 3.06. The van der Waals surface area contributed by atoms with Crippen molar-refractivity contribution in [1.82, 2.24) is 0 Å². The number of nitrogens with one attached hydrogen (secondary N) is 2. The summed E-state index contributed by atoms with van der Waals surface area (Å²) in [4.78, 5) is 23.5. The van der Waals surface area contributed by atoms with E-state index in [-0.39, 0.29) is 29.5 Å². The second-order valence-electron chi connectivity index (χ2n) is 5.80. The van der Waals surface area contributed by atoms with Crippen LogP contribution in [0, 0.1) is 11.7 Å². The number of hydrogen-bond donors (Lipinski definition) is 3. The number of benzene rings is 1. The number of fused-ring (bicyclic) bond motifs is 1. The van der Waals surface area contributed by atoms with E-state index in [1.54, 1.807) is 0 Å². The van der Waals surface area contributed by atoms with E-state index in [4.69, 9.17) is 5.73 Å². The molecule has 0 spiro atoms. The third-order valence-corrected chi connectivity index (χ3v) is 4.19. The number of hydrogen-bond acceptors (Lipinski definition) is 3. The molecule has 1 aromatic carbocycles. The molecule has 5 nitrogen and oxygen atoms in total. The second kappa shape index (κ2) is 5.44. The predicted octanol–water partition coefficient (Wildman–Crippen LogP) is 1.78. The quantitative estimate of drug-likeness (QED) is 0.776. The van der Waals surface area contributed by atoms with Crippen LogP contribution in [-0.4, -0.2) is 17.9 Å². The lowest BCUT2D eigenvalue weighted by molar-refractivity contribution is -0.119. The van der Waals surface area contributed by atoms with Gasteiger partial charge >= 0.3 is 0 Å². The number of halogens is 1. The maximum absolute atomic E-state index is 14.0. The molecule has 3 rings (SSSR count). The fraction of sp³-hybridized carbons (Fsp3) is 0.467. The highest BCUT2D eigenvalue weighted by molar-refractivity contribution is 5.97. The van der Waals surface area contributed by atoms with E-state index in [9.17, 15) is 14.0 Å². The molecule has 1 aliphatic heterocycles. The molecule has 1 fully saturated rings. The van der Waals surface area contributed by atoms with Gasteiger partial charge in [0.1, 0.15) is 5.82 Å². The van der Waals surface area contributed by atoms with Crippen LogP contribution in [-0.2, 0) is 16.0 Å². The van der Waals surface area contributed by atoms with Crippen LogP contribution in [0.5, 0.6) is 0 Å².